The van der Waals surface area contributed by atoms with Crippen LogP contribution in [0.2, 0.25) is 0 Å². The minimum absolute atomic E-state index is 0.0349. The quantitative estimate of drug-likeness (QED) is 0.743. The zero-order valence-electron chi connectivity index (χ0n) is 12.5. The van der Waals surface area contributed by atoms with E-state index in [9.17, 15) is 0 Å². The van der Waals surface area contributed by atoms with Gasteiger partial charge < -0.3 is 0 Å². The van der Waals surface area contributed by atoms with Gasteiger partial charge in [0.1, 0.15) is 12.0 Å². The van der Waals surface area contributed by atoms with Crippen LogP contribution in [-0.2, 0) is 18.3 Å². The Bertz CT molecular complexity index is 820. The third kappa shape index (κ3) is 1.93. The molecule has 4 rings (SSSR count). The van der Waals surface area contributed by atoms with Gasteiger partial charge in [0.2, 0.25) is 5.82 Å². The highest BCUT2D eigenvalue weighted by Gasteiger charge is 2.21. The SMILES string of the molecule is CC(C)(C)c1cc(-c2nc3c4c(ncn3n2)CCC4)n[nH]1. The van der Waals surface area contributed by atoms with Gasteiger partial charge in [0.25, 0.3) is 0 Å². The molecule has 0 aromatic carbocycles. The Morgan fingerprint density at radius 2 is 2.10 bits per heavy atom. The first-order valence-corrected chi connectivity index (χ1v) is 7.32. The van der Waals surface area contributed by atoms with Crippen molar-refractivity contribution < 1.29 is 0 Å². The number of aromatic amines is 1. The van der Waals surface area contributed by atoms with Crippen molar-refractivity contribution >= 4 is 5.65 Å². The van der Waals surface area contributed by atoms with E-state index in [1.54, 1.807) is 10.8 Å². The Labute approximate surface area is 122 Å². The van der Waals surface area contributed by atoms with Gasteiger partial charge >= 0.3 is 0 Å². The molecule has 0 radical (unpaired) electrons. The number of hydrogen-bond donors (Lipinski definition) is 1. The van der Waals surface area contributed by atoms with Gasteiger partial charge in [-0.1, -0.05) is 20.8 Å². The Morgan fingerprint density at radius 1 is 1.24 bits per heavy atom. The van der Waals surface area contributed by atoms with E-state index in [1.165, 1.54) is 11.3 Å². The number of H-pyrrole nitrogens is 1. The summed E-state index contributed by atoms with van der Waals surface area (Å²) in [6.07, 6.45) is 5.00. The molecule has 1 aliphatic rings. The van der Waals surface area contributed by atoms with Gasteiger partial charge in [-0.25, -0.2) is 14.5 Å². The summed E-state index contributed by atoms with van der Waals surface area (Å²) in [7, 11) is 0. The molecule has 0 saturated carbocycles. The Hall–Kier alpha value is -2.24. The van der Waals surface area contributed by atoms with Crippen LogP contribution in [0.25, 0.3) is 17.2 Å². The number of aromatic nitrogens is 6. The maximum atomic E-state index is 4.68. The van der Waals surface area contributed by atoms with Crippen molar-refractivity contribution in [3.05, 3.63) is 29.3 Å². The van der Waals surface area contributed by atoms with E-state index in [0.29, 0.717) is 5.82 Å². The summed E-state index contributed by atoms with van der Waals surface area (Å²) in [5.41, 5.74) is 5.23. The molecule has 0 unspecified atom stereocenters. The van der Waals surface area contributed by atoms with Crippen molar-refractivity contribution in [3.63, 3.8) is 0 Å². The standard InChI is InChI=1S/C15H18N6/c1-15(2,3)12-7-11(18-19-12)13-17-14-9-5-4-6-10(9)16-8-21(14)20-13/h7-8H,4-6H2,1-3H3,(H,18,19). The van der Waals surface area contributed by atoms with Gasteiger partial charge in [-0.3, -0.25) is 5.10 Å². The fourth-order valence-corrected chi connectivity index (χ4v) is 2.77. The molecule has 0 fully saturated rings. The van der Waals surface area contributed by atoms with E-state index in [-0.39, 0.29) is 5.41 Å². The summed E-state index contributed by atoms with van der Waals surface area (Å²) in [4.78, 5) is 9.15. The second-order valence-corrected chi connectivity index (χ2v) is 6.64. The molecule has 0 amide bonds. The van der Waals surface area contributed by atoms with Crippen LogP contribution in [0.3, 0.4) is 0 Å². The predicted molar refractivity (Wildman–Crippen MR) is 79.1 cm³/mol. The van der Waals surface area contributed by atoms with Crippen LogP contribution in [0.1, 0.15) is 44.1 Å². The van der Waals surface area contributed by atoms with Crippen molar-refractivity contribution in [2.45, 2.75) is 45.4 Å². The molecule has 0 saturated heterocycles. The number of rotatable bonds is 1. The molecule has 0 atom stereocenters. The average molecular weight is 282 g/mol. The van der Waals surface area contributed by atoms with Crippen LogP contribution >= 0.6 is 0 Å². The van der Waals surface area contributed by atoms with Crippen molar-refractivity contribution in [1.29, 1.82) is 0 Å². The van der Waals surface area contributed by atoms with E-state index in [1.807, 2.05) is 6.07 Å². The molecule has 3 aromatic heterocycles. The molecule has 0 spiro atoms. The number of hydrogen-bond acceptors (Lipinski definition) is 4. The van der Waals surface area contributed by atoms with Gasteiger partial charge in [-0.05, 0) is 25.3 Å². The lowest BCUT2D eigenvalue weighted by atomic mass is 9.92. The maximum absolute atomic E-state index is 4.68. The van der Waals surface area contributed by atoms with E-state index in [2.05, 4.69) is 46.0 Å². The van der Waals surface area contributed by atoms with Crippen LogP contribution < -0.4 is 0 Å². The zero-order chi connectivity index (χ0) is 14.6. The predicted octanol–water partition coefficient (Wildman–Crippen LogP) is 2.30. The Morgan fingerprint density at radius 3 is 2.86 bits per heavy atom. The highest BCUT2D eigenvalue weighted by atomic mass is 15.3. The molecular weight excluding hydrogens is 264 g/mol. The second kappa shape index (κ2) is 4.13. The van der Waals surface area contributed by atoms with Gasteiger partial charge in [0.15, 0.2) is 5.65 Å². The largest absolute Gasteiger partial charge is 0.281 e. The summed E-state index contributed by atoms with van der Waals surface area (Å²) in [6, 6.07) is 2.03. The van der Waals surface area contributed by atoms with Crippen molar-refractivity contribution in [2.75, 3.05) is 0 Å². The molecule has 3 aromatic rings. The molecule has 0 aliphatic heterocycles. The fourth-order valence-electron chi connectivity index (χ4n) is 2.77. The van der Waals surface area contributed by atoms with E-state index in [4.69, 9.17) is 0 Å². The highest BCUT2D eigenvalue weighted by Crippen LogP contribution is 2.26. The lowest BCUT2D eigenvalue weighted by Crippen LogP contribution is -2.11. The highest BCUT2D eigenvalue weighted by molar-refractivity contribution is 5.58. The van der Waals surface area contributed by atoms with Gasteiger partial charge in [-0.2, -0.15) is 5.10 Å². The number of nitrogens with one attached hydrogen (secondary N) is 1. The summed E-state index contributed by atoms with van der Waals surface area (Å²) in [6.45, 7) is 6.45. The molecule has 6 nitrogen and oxygen atoms in total. The van der Waals surface area contributed by atoms with Crippen molar-refractivity contribution in [1.82, 2.24) is 29.8 Å². The van der Waals surface area contributed by atoms with Crippen LogP contribution in [0.15, 0.2) is 12.4 Å². The topological polar surface area (TPSA) is 71.8 Å². The van der Waals surface area contributed by atoms with E-state index < -0.39 is 0 Å². The van der Waals surface area contributed by atoms with Crippen molar-refractivity contribution in [2.24, 2.45) is 0 Å². The third-order valence-corrected chi connectivity index (χ3v) is 4.03. The first-order chi connectivity index (χ1) is 10.0. The first-order valence-electron chi connectivity index (χ1n) is 7.32. The monoisotopic (exact) mass is 282 g/mol. The van der Waals surface area contributed by atoms with Gasteiger partial charge in [-0.15, -0.1) is 5.10 Å². The molecular formula is C15H18N6. The molecule has 1 N–H and O–H groups in total. The molecule has 108 valence electrons. The lowest BCUT2D eigenvalue weighted by molar-refractivity contribution is 0.567. The van der Waals surface area contributed by atoms with Gasteiger partial charge in [0, 0.05) is 22.4 Å². The summed E-state index contributed by atoms with van der Waals surface area (Å²) in [5.74, 6) is 0.656. The van der Waals surface area contributed by atoms with E-state index >= 15 is 0 Å². The number of nitrogens with zero attached hydrogens (tertiary/aromatic N) is 5. The molecule has 21 heavy (non-hydrogen) atoms. The normalized spacial score (nSPS) is 14.8. The van der Waals surface area contributed by atoms with E-state index in [0.717, 1.165) is 36.3 Å². The molecule has 1 aliphatic carbocycles. The summed E-state index contributed by atoms with van der Waals surface area (Å²) < 4.78 is 1.77. The number of fused-ring (bicyclic) bond motifs is 3. The summed E-state index contributed by atoms with van der Waals surface area (Å²) in [5, 5.41) is 12.0. The average Bonchev–Trinajstić information content (AvgIpc) is 3.15. The fraction of sp³-hybridized carbons (Fsp3) is 0.467. The Kier molecular flexibility index (Phi) is 2.46. The summed E-state index contributed by atoms with van der Waals surface area (Å²) >= 11 is 0. The number of aryl methyl sites for hydroxylation is 2. The zero-order valence-corrected chi connectivity index (χ0v) is 12.5. The minimum atomic E-state index is 0.0349. The van der Waals surface area contributed by atoms with Crippen LogP contribution in [-0.4, -0.2) is 29.8 Å². The van der Waals surface area contributed by atoms with Crippen LogP contribution in [0.4, 0.5) is 0 Å². The third-order valence-electron chi connectivity index (χ3n) is 4.03. The smallest absolute Gasteiger partial charge is 0.202 e. The molecule has 3 heterocycles. The molecule has 0 bridgehead atoms. The first kappa shape index (κ1) is 12.5. The van der Waals surface area contributed by atoms with Gasteiger partial charge in [0.05, 0.1) is 0 Å². The van der Waals surface area contributed by atoms with Crippen LogP contribution in [0, 0.1) is 0 Å². The minimum Gasteiger partial charge on any atom is -0.281 e. The molecule has 6 heteroatoms. The van der Waals surface area contributed by atoms with Crippen LogP contribution in [0.5, 0.6) is 0 Å². The lowest BCUT2D eigenvalue weighted by Gasteiger charge is -2.14. The second-order valence-electron chi connectivity index (χ2n) is 6.64. The van der Waals surface area contributed by atoms with Crippen molar-refractivity contribution in [3.8, 4) is 11.5 Å². The Balaban J connectivity index is 1.83. The maximum Gasteiger partial charge on any atom is 0.202 e.